The van der Waals surface area contributed by atoms with Crippen LogP contribution >= 0.6 is 11.6 Å². The van der Waals surface area contributed by atoms with E-state index in [9.17, 15) is 9.59 Å². The van der Waals surface area contributed by atoms with E-state index in [0.717, 1.165) is 22.1 Å². The smallest absolute Gasteiger partial charge is 0.258 e. The Morgan fingerprint density at radius 1 is 1.21 bits per heavy atom. The standard InChI is InChI=1S/C22H19ClN4O2/c1-13(14-4-3-5-17(10-14)21(28)24-2)27-9-8-16-11-15(6-7-18(16)22(27)29)19-12-25-26-20(19)23/h3-13H,1-2H3,(H,24,28)(H,25,26). The fraction of sp³-hybridized carbons (Fsp3) is 0.136. The maximum atomic E-state index is 13.1. The summed E-state index contributed by atoms with van der Waals surface area (Å²) < 4.78 is 1.68. The highest BCUT2D eigenvalue weighted by Gasteiger charge is 2.14. The molecule has 6 nitrogen and oxygen atoms in total. The Morgan fingerprint density at radius 3 is 2.76 bits per heavy atom. The van der Waals surface area contributed by atoms with Crippen LogP contribution < -0.4 is 10.9 Å². The molecule has 0 bridgehead atoms. The molecule has 0 saturated carbocycles. The minimum atomic E-state index is -0.223. The van der Waals surface area contributed by atoms with E-state index in [4.69, 9.17) is 11.6 Å². The molecule has 0 aliphatic carbocycles. The lowest BCUT2D eigenvalue weighted by atomic mass is 10.0. The molecule has 4 rings (SSSR count). The van der Waals surface area contributed by atoms with Crippen LogP contribution in [0.3, 0.4) is 0 Å². The lowest BCUT2D eigenvalue weighted by molar-refractivity contribution is 0.0963. The van der Waals surface area contributed by atoms with Crippen molar-refractivity contribution >= 4 is 28.3 Å². The molecule has 1 unspecified atom stereocenters. The number of hydrogen-bond acceptors (Lipinski definition) is 3. The number of pyridine rings is 1. The number of nitrogens with zero attached hydrogens (tertiary/aromatic N) is 2. The van der Waals surface area contributed by atoms with Crippen LogP contribution in [0.4, 0.5) is 0 Å². The summed E-state index contributed by atoms with van der Waals surface area (Å²) in [6.07, 6.45) is 3.44. The second-order valence-electron chi connectivity index (χ2n) is 6.81. The number of halogens is 1. The van der Waals surface area contributed by atoms with Gasteiger partial charge >= 0.3 is 0 Å². The molecule has 1 atom stereocenters. The lowest BCUT2D eigenvalue weighted by Gasteiger charge is -2.17. The number of H-pyrrole nitrogens is 1. The Labute approximate surface area is 172 Å². The highest BCUT2D eigenvalue weighted by atomic mass is 35.5. The molecule has 0 saturated heterocycles. The Hall–Kier alpha value is -3.38. The summed E-state index contributed by atoms with van der Waals surface area (Å²) in [5.41, 5.74) is 3.03. The maximum Gasteiger partial charge on any atom is 0.258 e. The minimum absolute atomic E-state index is 0.0924. The van der Waals surface area contributed by atoms with Crippen LogP contribution in [0.15, 0.2) is 65.7 Å². The third-order valence-corrected chi connectivity index (χ3v) is 5.40. The largest absolute Gasteiger partial charge is 0.355 e. The molecule has 2 N–H and O–H groups in total. The average molecular weight is 407 g/mol. The summed E-state index contributed by atoms with van der Waals surface area (Å²) in [4.78, 5) is 25.0. The van der Waals surface area contributed by atoms with Crippen LogP contribution in [-0.2, 0) is 0 Å². The minimum Gasteiger partial charge on any atom is -0.355 e. The van der Waals surface area contributed by atoms with Gasteiger partial charge in [-0.05, 0) is 53.8 Å². The van der Waals surface area contributed by atoms with E-state index in [2.05, 4.69) is 15.5 Å². The van der Waals surface area contributed by atoms with Gasteiger partial charge in [0.2, 0.25) is 0 Å². The number of amides is 1. The first-order valence-electron chi connectivity index (χ1n) is 9.16. The molecular weight excluding hydrogens is 388 g/mol. The second-order valence-corrected chi connectivity index (χ2v) is 7.19. The highest BCUT2D eigenvalue weighted by molar-refractivity contribution is 6.32. The first-order chi connectivity index (χ1) is 14.0. The van der Waals surface area contributed by atoms with Gasteiger partial charge in [-0.25, -0.2) is 0 Å². The van der Waals surface area contributed by atoms with Crippen molar-refractivity contribution < 1.29 is 4.79 Å². The number of carbonyl (C=O) groups excluding carboxylic acids is 1. The summed E-state index contributed by atoms with van der Waals surface area (Å²) in [7, 11) is 1.59. The van der Waals surface area contributed by atoms with E-state index in [1.807, 2.05) is 43.3 Å². The zero-order chi connectivity index (χ0) is 20.5. The van der Waals surface area contributed by atoms with E-state index in [-0.39, 0.29) is 17.5 Å². The molecule has 0 spiro atoms. The number of benzene rings is 2. The number of aromatic amines is 1. The van der Waals surface area contributed by atoms with Crippen LogP contribution in [0.1, 0.15) is 28.9 Å². The molecule has 0 aliphatic heterocycles. The zero-order valence-corrected chi connectivity index (χ0v) is 16.7. The Morgan fingerprint density at radius 2 is 2.03 bits per heavy atom. The molecule has 2 aromatic heterocycles. The summed E-state index contributed by atoms with van der Waals surface area (Å²) >= 11 is 6.12. The predicted molar refractivity (Wildman–Crippen MR) is 114 cm³/mol. The third-order valence-electron chi connectivity index (χ3n) is 5.11. The fourth-order valence-electron chi connectivity index (χ4n) is 3.45. The van der Waals surface area contributed by atoms with E-state index in [0.29, 0.717) is 16.1 Å². The summed E-state index contributed by atoms with van der Waals surface area (Å²) in [6.45, 7) is 1.94. The van der Waals surface area contributed by atoms with Gasteiger partial charge < -0.3 is 9.88 Å². The van der Waals surface area contributed by atoms with Gasteiger partial charge in [0.1, 0.15) is 5.15 Å². The monoisotopic (exact) mass is 406 g/mol. The van der Waals surface area contributed by atoms with Crippen molar-refractivity contribution in [2.45, 2.75) is 13.0 Å². The first-order valence-corrected chi connectivity index (χ1v) is 9.53. The molecule has 0 radical (unpaired) electrons. The average Bonchev–Trinajstić information content (AvgIpc) is 3.18. The quantitative estimate of drug-likeness (QED) is 0.537. The molecule has 0 aliphatic rings. The van der Waals surface area contributed by atoms with Crippen molar-refractivity contribution in [3.63, 3.8) is 0 Å². The molecular formula is C22H19ClN4O2. The van der Waals surface area contributed by atoms with Crippen LogP contribution in [0.5, 0.6) is 0 Å². The van der Waals surface area contributed by atoms with Crippen molar-refractivity contribution in [2.75, 3.05) is 7.05 Å². The van der Waals surface area contributed by atoms with E-state index in [1.54, 1.807) is 36.1 Å². The first kappa shape index (κ1) is 19.0. The van der Waals surface area contributed by atoms with Gasteiger partial charge in [0.05, 0.1) is 12.2 Å². The van der Waals surface area contributed by atoms with Gasteiger partial charge in [-0.2, -0.15) is 5.10 Å². The molecule has 4 aromatic rings. The van der Waals surface area contributed by atoms with Crippen LogP contribution in [-0.4, -0.2) is 27.7 Å². The molecule has 146 valence electrons. The lowest BCUT2D eigenvalue weighted by Crippen LogP contribution is -2.24. The molecule has 29 heavy (non-hydrogen) atoms. The summed E-state index contributed by atoms with van der Waals surface area (Å²) in [5.74, 6) is -0.157. The van der Waals surface area contributed by atoms with Crippen LogP contribution in [0.2, 0.25) is 5.15 Å². The molecule has 0 fully saturated rings. The van der Waals surface area contributed by atoms with Crippen molar-refractivity contribution in [2.24, 2.45) is 0 Å². The van der Waals surface area contributed by atoms with Crippen molar-refractivity contribution in [3.8, 4) is 11.1 Å². The summed E-state index contributed by atoms with van der Waals surface area (Å²) in [5, 5.41) is 11.2. The van der Waals surface area contributed by atoms with Crippen LogP contribution in [0.25, 0.3) is 21.9 Å². The Balaban J connectivity index is 1.75. The van der Waals surface area contributed by atoms with Crippen molar-refractivity contribution in [3.05, 3.63) is 87.6 Å². The number of hydrogen-bond donors (Lipinski definition) is 2. The van der Waals surface area contributed by atoms with E-state index >= 15 is 0 Å². The van der Waals surface area contributed by atoms with Crippen LogP contribution in [0, 0.1) is 0 Å². The van der Waals surface area contributed by atoms with Gasteiger partial charge in [0, 0.05) is 29.8 Å². The topological polar surface area (TPSA) is 79.8 Å². The van der Waals surface area contributed by atoms with Gasteiger partial charge in [0.25, 0.3) is 11.5 Å². The second kappa shape index (κ2) is 7.56. The number of carbonyl (C=O) groups is 1. The Bertz CT molecular complexity index is 1280. The zero-order valence-electron chi connectivity index (χ0n) is 15.9. The number of nitrogens with one attached hydrogen (secondary N) is 2. The Kier molecular flexibility index (Phi) is 4.94. The highest BCUT2D eigenvalue weighted by Crippen LogP contribution is 2.28. The summed E-state index contributed by atoms with van der Waals surface area (Å²) in [6, 6.07) is 14.6. The van der Waals surface area contributed by atoms with Gasteiger partial charge in [-0.3, -0.25) is 14.7 Å². The maximum absolute atomic E-state index is 13.1. The number of rotatable bonds is 4. The number of aromatic nitrogens is 3. The molecule has 7 heteroatoms. The normalized spacial score (nSPS) is 12.1. The van der Waals surface area contributed by atoms with Gasteiger partial charge in [0.15, 0.2) is 0 Å². The van der Waals surface area contributed by atoms with Crippen molar-refractivity contribution in [1.82, 2.24) is 20.1 Å². The molecule has 1 amide bonds. The van der Waals surface area contributed by atoms with Gasteiger partial charge in [-0.15, -0.1) is 0 Å². The number of fused-ring (bicyclic) bond motifs is 1. The van der Waals surface area contributed by atoms with E-state index in [1.165, 1.54) is 0 Å². The van der Waals surface area contributed by atoms with Gasteiger partial charge in [-0.1, -0.05) is 29.8 Å². The molecule has 2 aromatic carbocycles. The third kappa shape index (κ3) is 3.43. The predicted octanol–water partition coefficient (Wildman–Crippen LogP) is 4.01. The fourth-order valence-corrected chi connectivity index (χ4v) is 3.66. The SMILES string of the molecule is CNC(=O)c1cccc(C(C)n2ccc3cc(-c4cn[nH]c4Cl)ccc3c2=O)c1. The van der Waals surface area contributed by atoms with Crippen molar-refractivity contribution in [1.29, 1.82) is 0 Å². The molecule has 2 heterocycles. The van der Waals surface area contributed by atoms with E-state index < -0.39 is 0 Å².